The molecule has 0 saturated heterocycles. The first-order chi connectivity index (χ1) is 14.9. The maximum atomic E-state index is 12.4. The maximum Gasteiger partial charge on any atom is 0.338 e. The summed E-state index contributed by atoms with van der Waals surface area (Å²) in [5, 5.41) is 0.206. The fourth-order valence-electron chi connectivity index (χ4n) is 2.75. The van der Waals surface area contributed by atoms with Crippen molar-refractivity contribution in [2.75, 3.05) is 13.7 Å². The number of methoxy groups -OCH3 is 1. The molecule has 0 aromatic heterocycles. The second-order valence-corrected chi connectivity index (χ2v) is 8.09. The first kappa shape index (κ1) is 22.8. The normalized spacial score (nSPS) is 10.5. The van der Waals surface area contributed by atoms with Gasteiger partial charge in [-0.25, -0.2) is 4.79 Å². The third kappa shape index (κ3) is 6.09. The number of ether oxygens (including phenoxy) is 3. The standard InChI is InChI=1S/C24H20BrClO5/c1-15-3-5-16(6-4-15)13-30-23-20(26)11-18(12-22(23)29-2)24(28)31-14-21(27)17-7-9-19(25)10-8-17/h3-12H,13-14H2,1-2H3. The number of benzene rings is 3. The Labute approximate surface area is 194 Å². The summed E-state index contributed by atoms with van der Waals surface area (Å²) in [5.74, 6) is -0.370. The Morgan fingerprint density at radius 2 is 1.65 bits per heavy atom. The van der Waals surface area contributed by atoms with Gasteiger partial charge in [-0.05, 0) is 36.8 Å². The number of carbonyl (C=O) groups excluding carboxylic acids is 2. The van der Waals surface area contributed by atoms with E-state index in [1.54, 1.807) is 24.3 Å². The summed E-state index contributed by atoms with van der Waals surface area (Å²) in [6, 6.07) is 17.6. The lowest BCUT2D eigenvalue weighted by molar-refractivity contribution is 0.0474. The summed E-state index contributed by atoms with van der Waals surface area (Å²) >= 11 is 9.65. The Kier molecular flexibility index (Phi) is 7.71. The van der Waals surface area contributed by atoms with Crippen molar-refractivity contribution in [3.05, 3.63) is 92.4 Å². The van der Waals surface area contributed by atoms with Crippen LogP contribution < -0.4 is 9.47 Å². The van der Waals surface area contributed by atoms with Crippen molar-refractivity contribution < 1.29 is 23.8 Å². The smallest absolute Gasteiger partial charge is 0.338 e. The number of aryl methyl sites for hydroxylation is 1. The largest absolute Gasteiger partial charge is 0.493 e. The van der Waals surface area contributed by atoms with Crippen LogP contribution in [0.3, 0.4) is 0 Å². The molecule has 0 heterocycles. The molecule has 3 aromatic rings. The number of esters is 1. The van der Waals surface area contributed by atoms with Gasteiger partial charge >= 0.3 is 5.97 Å². The Morgan fingerprint density at radius 1 is 0.968 bits per heavy atom. The zero-order valence-electron chi connectivity index (χ0n) is 17.0. The molecule has 0 spiro atoms. The van der Waals surface area contributed by atoms with Gasteiger partial charge in [0.1, 0.15) is 6.61 Å². The second kappa shape index (κ2) is 10.5. The predicted molar refractivity (Wildman–Crippen MR) is 122 cm³/mol. The number of carbonyl (C=O) groups is 2. The quantitative estimate of drug-likeness (QED) is 0.277. The molecule has 0 aliphatic carbocycles. The predicted octanol–water partition coefficient (Wildman–Crippen LogP) is 6.04. The number of rotatable bonds is 8. The number of hydrogen-bond acceptors (Lipinski definition) is 5. The number of Topliss-reactive ketones (excluding diaryl/α,β-unsaturated/α-hetero) is 1. The van der Waals surface area contributed by atoms with Gasteiger partial charge in [-0.15, -0.1) is 0 Å². The highest BCUT2D eigenvalue weighted by atomic mass is 79.9. The molecule has 5 nitrogen and oxygen atoms in total. The van der Waals surface area contributed by atoms with Crippen LogP contribution in [0.4, 0.5) is 0 Å². The highest BCUT2D eigenvalue weighted by Crippen LogP contribution is 2.37. The first-order valence-corrected chi connectivity index (χ1v) is 10.6. The Balaban J connectivity index is 1.67. The van der Waals surface area contributed by atoms with Crippen LogP contribution in [0.2, 0.25) is 5.02 Å². The van der Waals surface area contributed by atoms with Gasteiger partial charge in [-0.1, -0.05) is 69.5 Å². The molecule has 0 amide bonds. The monoisotopic (exact) mass is 502 g/mol. The molecule has 0 aliphatic rings. The van der Waals surface area contributed by atoms with Crippen molar-refractivity contribution >= 4 is 39.3 Å². The summed E-state index contributed by atoms with van der Waals surface area (Å²) in [6.45, 7) is 1.92. The third-order valence-electron chi connectivity index (χ3n) is 4.47. The van der Waals surface area contributed by atoms with Crippen LogP contribution in [0.15, 0.2) is 65.1 Å². The van der Waals surface area contributed by atoms with Crippen LogP contribution in [0.25, 0.3) is 0 Å². The molecule has 0 atom stereocenters. The highest BCUT2D eigenvalue weighted by Gasteiger charge is 2.18. The SMILES string of the molecule is COc1cc(C(=O)OCC(=O)c2ccc(Br)cc2)cc(Cl)c1OCc1ccc(C)cc1. The van der Waals surface area contributed by atoms with Gasteiger partial charge in [0.05, 0.1) is 17.7 Å². The summed E-state index contributed by atoms with van der Waals surface area (Å²) in [4.78, 5) is 24.7. The Hall–Kier alpha value is -2.83. The van der Waals surface area contributed by atoms with Gasteiger partial charge in [-0.3, -0.25) is 4.79 Å². The fourth-order valence-corrected chi connectivity index (χ4v) is 3.28. The molecule has 0 aliphatic heterocycles. The summed E-state index contributed by atoms with van der Waals surface area (Å²) in [7, 11) is 1.45. The van der Waals surface area contributed by atoms with Crippen LogP contribution in [-0.4, -0.2) is 25.5 Å². The minimum Gasteiger partial charge on any atom is -0.493 e. The van der Waals surface area contributed by atoms with Crippen LogP contribution in [0.1, 0.15) is 31.8 Å². The summed E-state index contributed by atoms with van der Waals surface area (Å²) < 4.78 is 17.2. The van der Waals surface area contributed by atoms with E-state index < -0.39 is 5.97 Å². The zero-order chi connectivity index (χ0) is 22.4. The zero-order valence-corrected chi connectivity index (χ0v) is 19.3. The number of halogens is 2. The summed E-state index contributed by atoms with van der Waals surface area (Å²) in [5.41, 5.74) is 2.74. The average Bonchev–Trinajstić information content (AvgIpc) is 2.77. The van der Waals surface area contributed by atoms with Gasteiger partial charge in [0.25, 0.3) is 0 Å². The topological polar surface area (TPSA) is 61.8 Å². The molecule has 0 fully saturated rings. The van der Waals surface area contributed by atoms with E-state index >= 15 is 0 Å². The Morgan fingerprint density at radius 3 is 2.29 bits per heavy atom. The van der Waals surface area contributed by atoms with Crippen LogP contribution in [0.5, 0.6) is 11.5 Å². The van der Waals surface area contributed by atoms with Crippen molar-refractivity contribution in [3.8, 4) is 11.5 Å². The van der Waals surface area contributed by atoms with Crippen molar-refractivity contribution in [1.82, 2.24) is 0 Å². The summed E-state index contributed by atoms with van der Waals surface area (Å²) in [6.07, 6.45) is 0. The minimum absolute atomic E-state index is 0.160. The van der Waals surface area contributed by atoms with Gasteiger partial charge in [0.2, 0.25) is 0 Å². The van der Waals surface area contributed by atoms with E-state index in [-0.39, 0.29) is 23.0 Å². The maximum absolute atomic E-state index is 12.4. The number of ketones is 1. The lowest BCUT2D eigenvalue weighted by Gasteiger charge is -2.14. The molecule has 0 bridgehead atoms. The van der Waals surface area contributed by atoms with Crippen LogP contribution in [-0.2, 0) is 11.3 Å². The van der Waals surface area contributed by atoms with Crippen LogP contribution >= 0.6 is 27.5 Å². The lowest BCUT2D eigenvalue weighted by Crippen LogP contribution is -2.14. The molecule has 31 heavy (non-hydrogen) atoms. The second-order valence-electron chi connectivity index (χ2n) is 6.77. The van der Waals surface area contributed by atoms with E-state index in [4.69, 9.17) is 25.8 Å². The molecule has 160 valence electrons. The fraction of sp³-hybridized carbons (Fsp3) is 0.167. The van der Waals surface area contributed by atoms with Gasteiger partial charge < -0.3 is 14.2 Å². The average molecular weight is 504 g/mol. The lowest BCUT2D eigenvalue weighted by atomic mass is 10.1. The van der Waals surface area contributed by atoms with Gasteiger partial charge in [0.15, 0.2) is 23.9 Å². The van der Waals surface area contributed by atoms with Crippen molar-refractivity contribution in [3.63, 3.8) is 0 Å². The van der Waals surface area contributed by atoms with Crippen molar-refractivity contribution in [2.24, 2.45) is 0 Å². The first-order valence-electron chi connectivity index (χ1n) is 9.39. The molecule has 0 radical (unpaired) electrons. The van der Waals surface area contributed by atoms with Gasteiger partial charge in [-0.2, -0.15) is 0 Å². The van der Waals surface area contributed by atoms with Crippen molar-refractivity contribution in [2.45, 2.75) is 13.5 Å². The molecule has 0 unspecified atom stereocenters. The molecule has 0 saturated carbocycles. The molecule has 7 heteroatoms. The van der Waals surface area contributed by atoms with Crippen molar-refractivity contribution in [1.29, 1.82) is 0 Å². The number of hydrogen-bond donors (Lipinski definition) is 0. The molecule has 3 aromatic carbocycles. The van der Waals surface area contributed by atoms with E-state index in [0.717, 1.165) is 15.6 Å². The van der Waals surface area contributed by atoms with Crippen LogP contribution in [0, 0.1) is 6.92 Å². The van der Waals surface area contributed by atoms with E-state index in [1.165, 1.54) is 19.2 Å². The molecule has 0 N–H and O–H groups in total. The third-order valence-corrected chi connectivity index (χ3v) is 5.28. The van der Waals surface area contributed by atoms with Gasteiger partial charge in [0, 0.05) is 10.0 Å². The molecule has 3 rings (SSSR count). The van der Waals surface area contributed by atoms with E-state index in [9.17, 15) is 9.59 Å². The molecular formula is C24H20BrClO5. The van der Waals surface area contributed by atoms with E-state index in [1.807, 2.05) is 31.2 Å². The van der Waals surface area contributed by atoms with E-state index in [2.05, 4.69) is 15.9 Å². The minimum atomic E-state index is -0.684. The highest BCUT2D eigenvalue weighted by molar-refractivity contribution is 9.10. The Bertz CT molecular complexity index is 1080. The molecular weight excluding hydrogens is 484 g/mol. The van der Waals surface area contributed by atoms with E-state index in [0.29, 0.717) is 23.7 Å².